The van der Waals surface area contributed by atoms with Gasteiger partial charge in [-0.3, -0.25) is 4.79 Å². The molecule has 0 radical (unpaired) electrons. The number of nitrogens with zero attached hydrogens (tertiary/aromatic N) is 2. The van der Waals surface area contributed by atoms with Crippen molar-refractivity contribution in [3.05, 3.63) is 23.8 Å². The molecule has 1 amide bonds. The van der Waals surface area contributed by atoms with Crippen LogP contribution in [0.5, 0.6) is 0 Å². The first-order valence-corrected chi connectivity index (χ1v) is 12.4. The largest absolute Gasteiger partial charge is 0.387 e. The fourth-order valence-electron chi connectivity index (χ4n) is 5.30. The van der Waals surface area contributed by atoms with Crippen LogP contribution in [0.4, 0.5) is 5.69 Å². The van der Waals surface area contributed by atoms with E-state index in [0.29, 0.717) is 30.1 Å². The molecule has 4 aliphatic rings. The number of sulfone groups is 1. The predicted molar refractivity (Wildman–Crippen MR) is 112 cm³/mol. The smallest absolute Gasteiger partial charge is 0.228 e. The first-order chi connectivity index (χ1) is 14.8. The van der Waals surface area contributed by atoms with Gasteiger partial charge < -0.3 is 15.7 Å². The van der Waals surface area contributed by atoms with Gasteiger partial charge in [0.1, 0.15) is 6.17 Å². The van der Waals surface area contributed by atoms with Crippen molar-refractivity contribution in [1.29, 1.82) is 5.26 Å². The van der Waals surface area contributed by atoms with E-state index >= 15 is 0 Å². The zero-order valence-corrected chi connectivity index (χ0v) is 18.1. The van der Waals surface area contributed by atoms with Gasteiger partial charge in [0.2, 0.25) is 5.91 Å². The number of nitriles is 1. The van der Waals surface area contributed by atoms with Crippen molar-refractivity contribution in [1.82, 2.24) is 15.8 Å². The molecular formula is C21H27N5O4S. The van der Waals surface area contributed by atoms with Crippen LogP contribution in [0.15, 0.2) is 23.1 Å². The van der Waals surface area contributed by atoms with E-state index in [9.17, 15) is 23.6 Å². The lowest BCUT2D eigenvalue weighted by atomic mass is 9.90. The van der Waals surface area contributed by atoms with E-state index in [0.717, 1.165) is 19.3 Å². The molecule has 5 rings (SSSR count). The van der Waals surface area contributed by atoms with Gasteiger partial charge in [0.15, 0.2) is 9.84 Å². The van der Waals surface area contributed by atoms with Gasteiger partial charge in [-0.25, -0.2) is 18.9 Å². The molecule has 9 nitrogen and oxygen atoms in total. The number of hydrogen-bond donors (Lipinski definition) is 4. The van der Waals surface area contributed by atoms with Crippen molar-refractivity contribution in [3.8, 4) is 6.07 Å². The summed E-state index contributed by atoms with van der Waals surface area (Å²) in [6.45, 7) is 2.11. The molecule has 4 N–H and O–H groups in total. The lowest BCUT2D eigenvalue weighted by Crippen LogP contribution is -2.52. The highest BCUT2D eigenvalue weighted by molar-refractivity contribution is 7.92. The third-order valence-corrected chi connectivity index (χ3v) is 9.40. The molecule has 3 heterocycles. The quantitative estimate of drug-likeness (QED) is 0.519. The third-order valence-electron chi connectivity index (χ3n) is 7.18. The van der Waals surface area contributed by atoms with Crippen LogP contribution in [0.3, 0.4) is 0 Å². The number of aliphatic hydroxyl groups is 1. The fraction of sp³-hybridized carbons (Fsp3) is 0.619. The minimum atomic E-state index is -3.53. The number of benzene rings is 1. The van der Waals surface area contributed by atoms with Gasteiger partial charge in [0.05, 0.1) is 34.7 Å². The molecule has 31 heavy (non-hydrogen) atoms. The van der Waals surface area contributed by atoms with Crippen molar-refractivity contribution < 1.29 is 18.3 Å². The summed E-state index contributed by atoms with van der Waals surface area (Å²) in [6, 6.07) is 7.22. The number of anilines is 1. The number of hydrogen-bond acceptors (Lipinski definition) is 8. The minimum absolute atomic E-state index is 0.00869. The number of rotatable bonds is 5. The molecule has 1 aromatic rings. The summed E-state index contributed by atoms with van der Waals surface area (Å²) in [5.41, 5.74) is 4.48. The first kappa shape index (κ1) is 20.7. The second-order valence-electron chi connectivity index (χ2n) is 9.05. The number of fused-ring (bicyclic) bond motifs is 2. The lowest BCUT2D eigenvalue weighted by molar-refractivity contribution is -0.128. The Morgan fingerprint density at radius 3 is 2.84 bits per heavy atom. The van der Waals surface area contributed by atoms with Crippen LogP contribution >= 0.6 is 0 Å². The van der Waals surface area contributed by atoms with Crippen molar-refractivity contribution >= 4 is 21.4 Å². The van der Waals surface area contributed by atoms with E-state index in [1.807, 2.05) is 0 Å². The van der Waals surface area contributed by atoms with E-state index in [-0.39, 0.29) is 28.8 Å². The molecule has 166 valence electrons. The standard InChI is InChI=1S/C21H27N5O4S/c1-11-19(27)14-10-13(4-5-17(14)31(11,29)30)24-20-18-16(7-9-23-21(18)28)26(25-20)15(6-8-22)12-2-3-12/h4-5,10-12,15-16,18-20,24-25,27H,2-3,6-7,9H2,1H3,(H,23,28)/t11-,15+,16?,18?,19-,20?/m1/s1. The van der Waals surface area contributed by atoms with Crippen molar-refractivity contribution in [2.24, 2.45) is 11.8 Å². The number of hydrazine groups is 1. The van der Waals surface area contributed by atoms with Gasteiger partial charge >= 0.3 is 0 Å². The summed E-state index contributed by atoms with van der Waals surface area (Å²) in [5, 5.41) is 27.3. The Morgan fingerprint density at radius 1 is 1.35 bits per heavy atom. The minimum Gasteiger partial charge on any atom is -0.387 e. The molecule has 3 unspecified atom stereocenters. The highest BCUT2D eigenvalue weighted by Crippen LogP contribution is 2.42. The van der Waals surface area contributed by atoms with Gasteiger partial charge in [0, 0.05) is 29.9 Å². The van der Waals surface area contributed by atoms with Crippen LogP contribution in [0, 0.1) is 23.2 Å². The van der Waals surface area contributed by atoms with Crippen LogP contribution in [0.2, 0.25) is 0 Å². The Hall–Kier alpha value is -2.19. The van der Waals surface area contributed by atoms with Gasteiger partial charge in [-0.05, 0) is 50.3 Å². The van der Waals surface area contributed by atoms with Crippen LogP contribution < -0.4 is 16.1 Å². The molecule has 6 atom stereocenters. The maximum absolute atomic E-state index is 12.8. The molecule has 2 saturated heterocycles. The van der Waals surface area contributed by atoms with Gasteiger partial charge in [0.25, 0.3) is 0 Å². The maximum Gasteiger partial charge on any atom is 0.228 e. The zero-order chi connectivity index (χ0) is 21.9. The second-order valence-corrected chi connectivity index (χ2v) is 11.3. The number of piperidine rings is 1. The number of amides is 1. The average Bonchev–Trinajstić information content (AvgIpc) is 3.50. The third kappa shape index (κ3) is 3.31. The summed E-state index contributed by atoms with van der Waals surface area (Å²) in [4.78, 5) is 12.9. The van der Waals surface area contributed by atoms with Crippen LogP contribution in [0.1, 0.15) is 44.3 Å². The summed E-state index contributed by atoms with van der Waals surface area (Å²) < 4.78 is 24.9. The van der Waals surface area contributed by atoms with E-state index in [4.69, 9.17) is 0 Å². The highest BCUT2D eigenvalue weighted by atomic mass is 32.2. The number of aliphatic hydroxyl groups excluding tert-OH is 1. The van der Waals surface area contributed by atoms with Crippen LogP contribution in [0.25, 0.3) is 0 Å². The fourth-order valence-corrected chi connectivity index (χ4v) is 6.95. The number of carbonyl (C=O) groups excluding carboxylic acids is 1. The van der Waals surface area contributed by atoms with Gasteiger partial charge in [-0.2, -0.15) is 5.26 Å². The van der Waals surface area contributed by atoms with Crippen molar-refractivity contribution in [3.63, 3.8) is 0 Å². The van der Waals surface area contributed by atoms with Crippen molar-refractivity contribution in [2.75, 3.05) is 11.9 Å². The molecule has 1 aromatic carbocycles. The van der Waals surface area contributed by atoms with Crippen molar-refractivity contribution in [2.45, 2.75) is 67.1 Å². The molecule has 3 aliphatic heterocycles. The monoisotopic (exact) mass is 445 g/mol. The number of carbonyl (C=O) groups is 1. The Morgan fingerprint density at radius 2 is 2.13 bits per heavy atom. The first-order valence-electron chi connectivity index (χ1n) is 10.8. The van der Waals surface area contributed by atoms with Crippen LogP contribution in [-0.4, -0.2) is 54.5 Å². The topological polar surface area (TPSA) is 135 Å². The molecule has 0 bridgehead atoms. The average molecular weight is 446 g/mol. The van der Waals surface area contributed by atoms with E-state index in [2.05, 4.69) is 27.1 Å². The molecule has 3 fully saturated rings. The predicted octanol–water partition coefficient (Wildman–Crippen LogP) is 0.651. The van der Waals surface area contributed by atoms with Crippen LogP contribution in [-0.2, 0) is 14.6 Å². The van der Waals surface area contributed by atoms with E-state index in [1.54, 1.807) is 12.1 Å². The summed E-state index contributed by atoms with van der Waals surface area (Å²) >= 11 is 0. The molecule has 1 aliphatic carbocycles. The Kier molecular flexibility index (Phi) is 4.97. The maximum atomic E-state index is 12.8. The van der Waals surface area contributed by atoms with Gasteiger partial charge in [-0.1, -0.05) is 0 Å². The Bertz CT molecular complexity index is 1050. The summed E-state index contributed by atoms with van der Waals surface area (Å²) in [6.07, 6.45) is 1.94. The van der Waals surface area contributed by atoms with E-state index in [1.165, 1.54) is 13.0 Å². The van der Waals surface area contributed by atoms with Gasteiger partial charge in [-0.15, -0.1) is 0 Å². The SMILES string of the molecule is C[C@@H]1[C@@H](O)c2cc(NC3NN([C@@H](CC#N)C4CC4)C4CCNC(=O)C34)ccc2S1(=O)=O. The summed E-state index contributed by atoms with van der Waals surface area (Å²) in [7, 11) is -3.53. The molecule has 0 spiro atoms. The lowest BCUT2D eigenvalue weighted by Gasteiger charge is -2.34. The molecular weight excluding hydrogens is 418 g/mol. The second kappa shape index (κ2) is 7.45. The highest BCUT2D eigenvalue weighted by Gasteiger charge is 2.52. The number of nitrogens with one attached hydrogen (secondary N) is 3. The Labute approximate surface area is 181 Å². The molecule has 1 saturated carbocycles. The Balaban J connectivity index is 1.43. The van der Waals surface area contributed by atoms with E-state index < -0.39 is 27.4 Å². The molecule has 10 heteroatoms. The molecule has 0 aromatic heterocycles. The zero-order valence-electron chi connectivity index (χ0n) is 17.3. The summed E-state index contributed by atoms with van der Waals surface area (Å²) in [5.74, 6) is 0.0977. The normalized spacial score (nSPS) is 35.0.